The standard InChI is InChI=1S/C14H19NO4/c1-10(14(18)19-11(2)13(16)17)15(3)9-12-7-5-4-6-8-12/h4-8,10-11H,9H2,1-3H3,(H,16,17)/t10-,11+/m0/s1. The summed E-state index contributed by atoms with van der Waals surface area (Å²) in [5.41, 5.74) is 1.08. The number of carboxylic acid groups (broad SMARTS) is 1. The highest BCUT2D eigenvalue weighted by atomic mass is 16.6. The van der Waals surface area contributed by atoms with Gasteiger partial charge in [-0.3, -0.25) is 9.69 Å². The highest BCUT2D eigenvalue weighted by Crippen LogP contribution is 2.08. The molecule has 0 radical (unpaired) electrons. The fraction of sp³-hybridized carbons (Fsp3) is 0.429. The van der Waals surface area contributed by atoms with Crippen molar-refractivity contribution in [3.05, 3.63) is 35.9 Å². The van der Waals surface area contributed by atoms with Gasteiger partial charge in [-0.15, -0.1) is 0 Å². The molecule has 0 amide bonds. The number of hydrogen-bond acceptors (Lipinski definition) is 4. The number of carbonyl (C=O) groups excluding carboxylic acids is 1. The Morgan fingerprint density at radius 2 is 1.84 bits per heavy atom. The monoisotopic (exact) mass is 265 g/mol. The van der Waals surface area contributed by atoms with E-state index in [2.05, 4.69) is 0 Å². The van der Waals surface area contributed by atoms with Gasteiger partial charge in [-0.2, -0.15) is 0 Å². The van der Waals surface area contributed by atoms with E-state index in [0.29, 0.717) is 6.54 Å². The first kappa shape index (κ1) is 15.2. The second-order valence-electron chi connectivity index (χ2n) is 4.49. The minimum atomic E-state index is -1.15. The zero-order chi connectivity index (χ0) is 14.4. The summed E-state index contributed by atoms with van der Waals surface area (Å²) in [5, 5.41) is 8.70. The topological polar surface area (TPSA) is 66.8 Å². The molecule has 0 aliphatic heterocycles. The summed E-state index contributed by atoms with van der Waals surface area (Å²) in [4.78, 5) is 24.2. The van der Waals surface area contributed by atoms with Crippen LogP contribution in [-0.2, 0) is 20.9 Å². The van der Waals surface area contributed by atoms with Gasteiger partial charge in [0.15, 0.2) is 6.10 Å². The van der Waals surface area contributed by atoms with Gasteiger partial charge in [0, 0.05) is 6.54 Å². The van der Waals surface area contributed by atoms with Crippen molar-refractivity contribution >= 4 is 11.9 Å². The van der Waals surface area contributed by atoms with Gasteiger partial charge in [0.1, 0.15) is 6.04 Å². The van der Waals surface area contributed by atoms with Crippen molar-refractivity contribution < 1.29 is 19.4 Å². The second-order valence-corrected chi connectivity index (χ2v) is 4.49. The average molecular weight is 265 g/mol. The Kier molecular flexibility index (Phi) is 5.51. The maximum atomic E-state index is 11.8. The number of hydrogen-bond donors (Lipinski definition) is 1. The molecule has 0 spiro atoms. The number of nitrogens with zero attached hydrogens (tertiary/aromatic N) is 1. The minimum absolute atomic E-state index is 0.498. The van der Waals surface area contributed by atoms with Crippen LogP contribution in [0.4, 0.5) is 0 Å². The van der Waals surface area contributed by atoms with E-state index < -0.39 is 24.1 Å². The van der Waals surface area contributed by atoms with Crippen LogP contribution in [0.15, 0.2) is 30.3 Å². The fourth-order valence-electron chi connectivity index (χ4n) is 1.51. The lowest BCUT2D eigenvalue weighted by atomic mass is 10.2. The van der Waals surface area contributed by atoms with Crippen LogP contribution in [0.25, 0.3) is 0 Å². The summed E-state index contributed by atoms with van der Waals surface area (Å²) in [6.45, 7) is 3.63. The van der Waals surface area contributed by atoms with E-state index in [-0.39, 0.29) is 0 Å². The quantitative estimate of drug-likeness (QED) is 0.790. The van der Waals surface area contributed by atoms with Gasteiger partial charge in [0.25, 0.3) is 0 Å². The van der Waals surface area contributed by atoms with Crippen LogP contribution in [0.3, 0.4) is 0 Å². The Bertz CT molecular complexity index is 432. The van der Waals surface area contributed by atoms with Gasteiger partial charge in [0.05, 0.1) is 0 Å². The van der Waals surface area contributed by atoms with E-state index in [9.17, 15) is 9.59 Å². The van der Waals surface area contributed by atoms with Crippen LogP contribution in [0.2, 0.25) is 0 Å². The molecule has 104 valence electrons. The predicted molar refractivity (Wildman–Crippen MR) is 70.6 cm³/mol. The molecule has 1 rings (SSSR count). The Morgan fingerprint density at radius 1 is 1.26 bits per heavy atom. The van der Waals surface area contributed by atoms with Crippen LogP contribution in [0.1, 0.15) is 19.4 Å². The molecule has 19 heavy (non-hydrogen) atoms. The lowest BCUT2D eigenvalue weighted by Gasteiger charge is -2.24. The van der Waals surface area contributed by atoms with Crippen LogP contribution in [-0.4, -0.2) is 41.1 Å². The maximum Gasteiger partial charge on any atom is 0.344 e. The van der Waals surface area contributed by atoms with E-state index in [1.807, 2.05) is 35.2 Å². The van der Waals surface area contributed by atoms with Crippen molar-refractivity contribution in [1.82, 2.24) is 4.90 Å². The molecule has 0 aliphatic rings. The Hall–Kier alpha value is -1.88. The third kappa shape index (κ3) is 4.71. The number of carbonyl (C=O) groups is 2. The van der Waals surface area contributed by atoms with Gasteiger partial charge < -0.3 is 9.84 Å². The molecule has 1 N–H and O–H groups in total. The van der Waals surface area contributed by atoms with Crippen molar-refractivity contribution in [3.8, 4) is 0 Å². The number of aliphatic carboxylic acids is 1. The summed E-state index contributed by atoms with van der Waals surface area (Å²) >= 11 is 0. The van der Waals surface area contributed by atoms with Gasteiger partial charge in [-0.25, -0.2) is 4.79 Å². The third-order valence-electron chi connectivity index (χ3n) is 2.92. The smallest absolute Gasteiger partial charge is 0.344 e. The van der Waals surface area contributed by atoms with Crippen LogP contribution in [0.5, 0.6) is 0 Å². The van der Waals surface area contributed by atoms with Gasteiger partial charge in [-0.1, -0.05) is 30.3 Å². The molecule has 0 fully saturated rings. The van der Waals surface area contributed by atoms with Crippen molar-refractivity contribution in [2.24, 2.45) is 0 Å². The lowest BCUT2D eigenvalue weighted by Crippen LogP contribution is -2.39. The first-order valence-corrected chi connectivity index (χ1v) is 6.09. The minimum Gasteiger partial charge on any atom is -0.479 e. The van der Waals surface area contributed by atoms with E-state index in [0.717, 1.165) is 5.56 Å². The normalized spacial score (nSPS) is 13.9. The van der Waals surface area contributed by atoms with Crippen molar-refractivity contribution in [3.63, 3.8) is 0 Å². The number of likely N-dealkylation sites (N-methyl/N-ethyl adjacent to an activating group) is 1. The molecule has 5 nitrogen and oxygen atoms in total. The summed E-state index contributed by atoms with van der Waals surface area (Å²) in [6, 6.07) is 9.22. The summed E-state index contributed by atoms with van der Waals surface area (Å²) < 4.78 is 4.85. The highest BCUT2D eigenvalue weighted by Gasteiger charge is 2.24. The molecule has 0 aromatic heterocycles. The van der Waals surface area contributed by atoms with E-state index >= 15 is 0 Å². The first-order valence-electron chi connectivity index (χ1n) is 6.09. The van der Waals surface area contributed by atoms with E-state index in [1.165, 1.54) is 6.92 Å². The molecule has 1 aromatic rings. The molecule has 0 saturated heterocycles. The molecule has 0 bridgehead atoms. The molecule has 0 unspecified atom stereocenters. The SMILES string of the molecule is C[C@@H](OC(=O)[C@H](C)N(C)Cc1ccccc1)C(=O)O. The fourth-order valence-corrected chi connectivity index (χ4v) is 1.51. The van der Waals surface area contributed by atoms with Gasteiger partial charge in [-0.05, 0) is 26.5 Å². The van der Waals surface area contributed by atoms with E-state index in [4.69, 9.17) is 9.84 Å². The summed E-state index contributed by atoms with van der Waals surface area (Å²) in [5.74, 6) is -1.68. The molecular weight excluding hydrogens is 246 g/mol. The van der Waals surface area contributed by atoms with Crippen molar-refractivity contribution in [2.45, 2.75) is 32.5 Å². The Labute approximate surface area is 112 Å². The summed E-state index contributed by atoms with van der Waals surface area (Å²) in [7, 11) is 1.80. The van der Waals surface area contributed by atoms with Crippen molar-refractivity contribution in [1.29, 1.82) is 0 Å². The van der Waals surface area contributed by atoms with Crippen LogP contribution >= 0.6 is 0 Å². The average Bonchev–Trinajstić information content (AvgIpc) is 2.38. The molecule has 5 heteroatoms. The number of carboxylic acids is 1. The molecule has 0 aliphatic carbocycles. The molecule has 0 heterocycles. The highest BCUT2D eigenvalue weighted by molar-refractivity contribution is 5.80. The van der Waals surface area contributed by atoms with Crippen LogP contribution in [0, 0.1) is 0 Å². The first-order chi connectivity index (χ1) is 8.91. The zero-order valence-corrected chi connectivity index (χ0v) is 11.4. The van der Waals surface area contributed by atoms with Gasteiger partial charge >= 0.3 is 11.9 Å². The number of benzene rings is 1. The number of ether oxygens (including phenoxy) is 1. The third-order valence-corrected chi connectivity index (χ3v) is 2.92. The summed E-state index contributed by atoms with van der Waals surface area (Å²) in [6.07, 6.45) is -1.12. The Balaban J connectivity index is 2.54. The maximum absolute atomic E-state index is 11.8. The molecule has 2 atom stereocenters. The van der Waals surface area contributed by atoms with Gasteiger partial charge in [0.2, 0.25) is 0 Å². The molecule has 1 aromatic carbocycles. The lowest BCUT2D eigenvalue weighted by molar-refractivity contribution is -0.165. The number of rotatable bonds is 6. The second kappa shape index (κ2) is 6.89. The van der Waals surface area contributed by atoms with Crippen molar-refractivity contribution in [2.75, 3.05) is 7.05 Å². The molecular formula is C14H19NO4. The zero-order valence-electron chi connectivity index (χ0n) is 11.4. The Morgan fingerprint density at radius 3 is 2.37 bits per heavy atom. The van der Waals surface area contributed by atoms with E-state index in [1.54, 1.807) is 14.0 Å². The molecule has 0 saturated carbocycles. The predicted octanol–water partition coefficient (Wildman–Crippen LogP) is 1.52. The largest absolute Gasteiger partial charge is 0.479 e. The van der Waals surface area contributed by atoms with Crippen LogP contribution < -0.4 is 0 Å². The number of esters is 1.